The summed E-state index contributed by atoms with van der Waals surface area (Å²) in [4.78, 5) is 20.2. The number of hydrogen-bond donors (Lipinski definition) is 0. The first-order chi connectivity index (χ1) is 9.17. The summed E-state index contributed by atoms with van der Waals surface area (Å²) >= 11 is 0. The molecule has 7 nitrogen and oxygen atoms in total. The highest BCUT2D eigenvalue weighted by molar-refractivity contribution is 5.98. The number of carbonyl (C=O) groups is 1. The maximum Gasteiger partial charge on any atom is 0.247 e. The van der Waals surface area contributed by atoms with Gasteiger partial charge in [-0.05, 0) is 13.8 Å². The van der Waals surface area contributed by atoms with Crippen LogP contribution in [0.2, 0.25) is 0 Å². The van der Waals surface area contributed by atoms with Gasteiger partial charge in [0, 0.05) is 13.2 Å². The molecule has 0 saturated heterocycles. The molecule has 0 saturated carbocycles. The van der Waals surface area contributed by atoms with Gasteiger partial charge < -0.3 is 18.9 Å². The third-order valence-corrected chi connectivity index (χ3v) is 2.20. The van der Waals surface area contributed by atoms with E-state index in [0.717, 1.165) is 0 Å². The van der Waals surface area contributed by atoms with E-state index in [1.807, 2.05) is 0 Å². The van der Waals surface area contributed by atoms with Gasteiger partial charge in [0.15, 0.2) is 5.69 Å². The zero-order chi connectivity index (χ0) is 14.3. The van der Waals surface area contributed by atoms with Crippen molar-refractivity contribution in [1.82, 2.24) is 9.97 Å². The Balaban J connectivity index is 3.02. The Morgan fingerprint density at radius 2 is 1.84 bits per heavy atom. The maximum atomic E-state index is 12.2. The van der Waals surface area contributed by atoms with E-state index in [4.69, 9.17) is 18.9 Å². The minimum absolute atomic E-state index is 0.0511. The molecule has 1 heterocycles. The van der Waals surface area contributed by atoms with E-state index in [9.17, 15) is 4.79 Å². The molecule has 0 aliphatic heterocycles. The zero-order valence-electron chi connectivity index (χ0n) is 11.5. The fourth-order valence-corrected chi connectivity index (χ4v) is 1.38. The van der Waals surface area contributed by atoms with Crippen molar-refractivity contribution in [3.8, 4) is 11.8 Å². The van der Waals surface area contributed by atoms with Gasteiger partial charge in [0.25, 0.3) is 0 Å². The van der Waals surface area contributed by atoms with E-state index in [1.54, 1.807) is 13.8 Å². The van der Waals surface area contributed by atoms with Gasteiger partial charge in [-0.25, -0.2) is 4.98 Å². The van der Waals surface area contributed by atoms with Gasteiger partial charge in [-0.15, -0.1) is 0 Å². The van der Waals surface area contributed by atoms with Crippen LogP contribution in [0.4, 0.5) is 0 Å². The monoisotopic (exact) mass is 270 g/mol. The molecule has 0 unspecified atom stereocenters. The topological polar surface area (TPSA) is 79.8 Å². The highest BCUT2D eigenvalue weighted by Gasteiger charge is 2.26. The van der Waals surface area contributed by atoms with Crippen molar-refractivity contribution in [3.63, 3.8) is 0 Å². The number of hydrogen-bond acceptors (Lipinski definition) is 7. The highest BCUT2D eigenvalue weighted by atomic mass is 16.7. The van der Waals surface area contributed by atoms with Crippen molar-refractivity contribution in [2.45, 2.75) is 20.1 Å². The summed E-state index contributed by atoms with van der Waals surface area (Å²) in [6.07, 6.45) is 0.330. The molecular formula is C12H18N2O5. The summed E-state index contributed by atoms with van der Waals surface area (Å²) in [6.45, 7) is 4.25. The van der Waals surface area contributed by atoms with Crippen molar-refractivity contribution in [2.75, 3.05) is 27.4 Å². The minimum atomic E-state index is -1.01. The van der Waals surface area contributed by atoms with Crippen LogP contribution < -0.4 is 9.47 Å². The number of methoxy groups -OCH3 is 2. The van der Waals surface area contributed by atoms with Crippen LogP contribution in [0, 0.1) is 0 Å². The van der Waals surface area contributed by atoms with Crippen LogP contribution in [0.15, 0.2) is 6.20 Å². The molecule has 1 aromatic rings. The van der Waals surface area contributed by atoms with E-state index >= 15 is 0 Å². The van der Waals surface area contributed by atoms with E-state index in [-0.39, 0.29) is 17.5 Å². The average molecular weight is 270 g/mol. The van der Waals surface area contributed by atoms with Crippen LogP contribution in [-0.4, -0.2) is 49.5 Å². The molecule has 19 heavy (non-hydrogen) atoms. The predicted molar refractivity (Wildman–Crippen MR) is 66.5 cm³/mol. The van der Waals surface area contributed by atoms with Gasteiger partial charge in [-0.3, -0.25) is 4.79 Å². The molecule has 0 radical (unpaired) electrons. The van der Waals surface area contributed by atoms with Crippen LogP contribution in [0.25, 0.3) is 0 Å². The third kappa shape index (κ3) is 3.87. The first-order valence-electron chi connectivity index (χ1n) is 5.90. The number of carbonyl (C=O) groups excluding carboxylic acids is 1. The lowest BCUT2D eigenvalue weighted by Gasteiger charge is -2.16. The summed E-state index contributed by atoms with van der Waals surface area (Å²) in [5.41, 5.74) is 0.0511. The van der Waals surface area contributed by atoms with E-state index in [2.05, 4.69) is 9.97 Å². The predicted octanol–water partition coefficient (Wildman–Crippen LogP) is 1.08. The van der Waals surface area contributed by atoms with Crippen LogP contribution in [0.3, 0.4) is 0 Å². The Kier molecular flexibility index (Phi) is 6.17. The molecule has 106 valence electrons. The maximum absolute atomic E-state index is 12.2. The summed E-state index contributed by atoms with van der Waals surface area (Å²) in [5, 5.41) is 0. The molecule has 0 aliphatic rings. The molecule has 0 atom stereocenters. The molecule has 0 spiro atoms. The number of Topliss-reactive ketones (excluding diaryl/α,β-unsaturated/α-hetero) is 1. The smallest absolute Gasteiger partial charge is 0.247 e. The first kappa shape index (κ1) is 15.3. The SMILES string of the molecule is CCOC(OCC)C(=O)c1ncc(OC)nc1OC. The molecule has 0 bridgehead atoms. The molecule has 0 N–H and O–H groups in total. The second kappa shape index (κ2) is 7.65. The first-order valence-corrected chi connectivity index (χ1v) is 5.90. The summed E-state index contributed by atoms with van der Waals surface area (Å²) in [7, 11) is 2.85. The Hall–Kier alpha value is -1.73. The van der Waals surface area contributed by atoms with Crippen LogP contribution in [-0.2, 0) is 9.47 Å². The Morgan fingerprint density at radius 3 is 2.32 bits per heavy atom. The molecule has 0 aliphatic carbocycles. The lowest BCUT2D eigenvalue weighted by Crippen LogP contribution is -2.29. The summed E-state index contributed by atoms with van der Waals surface area (Å²) in [5.74, 6) is -0.0952. The molecule has 7 heteroatoms. The Labute approximate surface area is 111 Å². The fraction of sp³-hybridized carbons (Fsp3) is 0.583. The van der Waals surface area contributed by atoms with Gasteiger partial charge in [0.05, 0.1) is 20.4 Å². The second-order valence-corrected chi connectivity index (χ2v) is 3.38. The number of aromatic nitrogens is 2. The Morgan fingerprint density at radius 1 is 1.21 bits per heavy atom. The number of nitrogens with zero attached hydrogens (tertiary/aromatic N) is 2. The number of rotatable bonds is 8. The summed E-state index contributed by atoms with van der Waals surface area (Å²) < 4.78 is 20.4. The molecule has 0 aromatic carbocycles. The van der Waals surface area contributed by atoms with Crippen LogP contribution in [0.1, 0.15) is 24.3 Å². The molecular weight excluding hydrogens is 252 g/mol. The van der Waals surface area contributed by atoms with Crippen molar-refractivity contribution in [3.05, 3.63) is 11.9 Å². The van der Waals surface area contributed by atoms with E-state index in [1.165, 1.54) is 20.4 Å². The van der Waals surface area contributed by atoms with E-state index in [0.29, 0.717) is 13.2 Å². The van der Waals surface area contributed by atoms with Gasteiger partial charge >= 0.3 is 0 Å². The standard InChI is InChI=1S/C12H18N2O5/c1-5-18-12(19-6-2)10(15)9-11(17-4)14-8(16-3)7-13-9/h7,12H,5-6H2,1-4H3. The molecule has 1 aromatic heterocycles. The largest absolute Gasteiger partial charge is 0.480 e. The lowest BCUT2D eigenvalue weighted by atomic mass is 10.2. The quantitative estimate of drug-likeness (QED) is 0.516. The number of ketones is 1. The van der Waals surface area contributed by atoms with Crippen molar-refractivity contribution in [1.29, 1.82) is 0 Å². The highest BCUT2D eigenvalue weighted by Crippen LogP contribution is 2.19. The third-order valence-electron chi connectivity index (χ3n) is 2.20. The second-order valence-electron chi connectivity index (χ2n) is 3.38. The number of ether oxygens (including phenoxy) is 4. The Bertz CT molecular complexity index is 419. The van der Waals surface area contributed by atoms with Crippen molar-refractivity contribution in [2.24, 2.45) is 0 Å². The van der Waals surface area contributed by atoms with Crippen LogP contribution >= 0.6 is 0 Å². The van der Waals surface area contributed by atoms with Gasteiger partial charge in [-0.1, -0.05) is 0 Å². The fourth-order valence-electron chi connectivity index (χ4n) is 1.38. The molecule has 0 fully saturated rings. The van der Waals surface area contributed by atoms with Gasteiger partial charge in [-0.2, -0.15) is 4.98 Å². The minimum Gasteiger partial charge on any atom is -0.480 e. The van der Waals surface area contributed by atoms with Crippen molar-refractivity contribution < 1.29 is 23.7 Å². The van der Waals surface area contributed by atoms with Gasteiger partial charge in [0.2, 0.25) is 23.8 Å². The van der Waals surface area contributed by atoms with E-state index < -0.39 is 12.1 Å². The van der Waals surface area contributed by atoms with Gasteiger partial charge in [0.1, 0.15) is 0 Å². The molecule has 1 rings (SSSR count). The average Bonchev–Trinajstić information content (AvgIpc) is 2.45. The lowest BCUT2D eigenvalue weighted by molar-refractivity contribution is -0.107. The normalized spacial score (nSPS) is 10.6. The van der Waals surface area contributed by atoms with Crippen LogP contribution in [0.5, 0.6) is 11.8 Å². The van der Waals surface area contributed by atoms with Crippen molar-refractivity contribution >= 4 is 5.78 Å². The summed E-state index contributed by atoms with van der Waals surface area (Å²) in [6, 6.07) is 0. The molecule has 0 amide bonds. The zero-order valence-corrected chi connectivity index (χ0v) is 11.5.